The summed E-state index contributed by atoms with van der Waals surface area (Å²) in [5.41, 5.74) is 1.06. The SMILES string of the molecule is O=C(NC1CCCCC1)C(c1ccc(O)cc1)N(Cc1ccc(F)cc1)C(=O)c1nsc(Cl)c1Cl. The fourth-order valence-electron chi connectivity index (χ4n) is 4.25. The Bertz CT molecular complexity index is 1180. The number of aromatic nitrogens is 1. The number of phenols is 1. The van der Waals surface area contributed by atoms with Crippen molar-refractivity contribution in [1.29, 1.82) is 0 Å². The highest BCUT2D eigenvalue weighted by Crippen LogP contribution is 2.34. The van der Waals surface area contributed by atoms with Gasteiger partial charge in [-0.3, -0.25) is 9.59 Å². The Balaban J connectivity index is 1.76. The fourth-order valence-corrected chi connectivity index (χ4v) is 5.24. The summed E-state index contributed by atoms with van der Waals surface area (Å²) in [5.74, 6) is -1.31. The van der Waals surface area contributed by atoms with E-state index in [0.29, 0.717) is 11.1 Å². The second kappa shape index (κ2) is 11.4. The van der Waals surface area contributed by atoms with E-state index >= 15 is 0 Å². The highest BCUT2D eigenvalue weighted by atomic mass is 35.5. The first kappa shape index (κ1) is 25.4. The predicted molar refractivity (Wildman–Crippen MR) is 134 cm³/mol. The molecule has 0 saturated heterocycles. The smallest absolute Gasteiger partial charge is 0.276 e. The molecular weight excluding hydrogens is 512 g/mol. The summed E-state index contributed by atoms with van der Waals surface area (Å²) in [4.78, 5) is 28.8. The van der Waals surface area contributed by atoms with E-state index in [1.54, 1.807) is 24.3 Å². The summed E-state index contributed by atoms with van der Waals surface area (Å²) in [5, 5.41) is 12.9. The maximum atomic E-state index is 13.8. The van der Waals surface area contributed by atoms with Gasteiger partial charge in [0.1, 0.15) is 27.0 Å². The van der Waals surface area contributed by atoms with Gasteiger partial charge in [0.05, 0.1) is 0 Å². The van der Waals surface area contributed by atoms with Gasteiger partial charge in [0.25, 0.3) is 5.91 Å². The minimum Gasteiger partial charge on any atom is -0.508 e. The zero-order valence-electron chi connectivity index (χ0n) is 18.7. The first-order valence-corrected chi connectivity index (χ1v) is 12.8. The third-order valence-corrected chi connectivity index (χ3v) is 7.66. The molecule has 2 amide bonds. The molecule has 1 unspecified atom stereocenters. The lowest BCUT2D eigenvalue weighted by Gasteiger charge is -2.33. The van der Waals surface area contributed by atoms with Crippen molar-refractivity contribution in [2.45, 2.75) is 50.7 Å². The maximum absolute atomic E-state index is 13.8. The van der Waals surface area contributed by atoms with Crippen LogP contribution in [-0.2, 0) is 11.3 Å². The van der Waals surface area contributed by atoms with Crippen LogP contribution in [0.15, 0.2) is 48.5 Å². The minimum atomic E-state index is -1.05. The van der Waals surface area contributed by atoms with Gasteiger partial charge in [-0.05, 0) is 59.8 Å². The number of benzene rings is 2. The molecule has 184 valence electrons. The molecule has 4 rings (SSSR count). The summed E-state index contributed by atoms with van der Waals surface area (Å²) in [6, 6.07) is 10.8. The molecule has 1 atom stereocenters. The van der Waals surface area contributed by atoms with Gasteiger partial charge in [-0.25, -0.2) is 4.39 Å². The third kappa shape index (κ3) is 6.12. The average Bonchev–Trinajstić information content (AvgIpc) is 3.19. The zero-order valence-corrected chi connectivity index (χ0v) is 21.0. The Morgan fingerprint density at radius 3 is 2.34 bits per heavy atom. The summed E-state index contributed by atoms with van der Waals surface area (Å²) in [7, 11) is 0. The Morgan fingerprint density at radius 2 is 1.74 bits per heavy atom. The van der Waals surface area contributed by atoms with Crippen molar-refractivity contribution in [3.63, 3.8) is 0 Å². The van der Waals surface area contributed by atoms with Gasteiger partial charge in [-0.1, -0.05) is 66.7 Å². The highest BCUT2D eigenvalue weighted by molar-refractivity contribution is 7.11. The molecular formula is C25H24Cl2FN3O3S. The lowest BCUT2D eigenvalue weighted by molar-refractivity contribution is -0.127. The zero-order chi connectivity index (χ0) is 24.9. The van der Waals surface area contributed by atoms with Gasteiger partial charge < -0.3 is 15.3 Å². The van der Waals surface area contributed by atoms with Crippen LogP contribution in [0.25, 0.3) is 0 Å². The van der Waals surface area contributed by atoms with Crippen molar-refractivity contribution < 1.29 is 19.1 Å². The molecule has 0 spiro atoms. The standard InChI is InChI=1S/C25H24Cl2FN3O3S/c26-20-21(30-35-23(20)27)25(34)31(14-15-6-10-17(28)11-7-15)22(16-8-12-19(32)13-9-16)24(33)29-18-4-2-1-3-5-18/h6-13,18,22,32H,1-5,14H2,(H,29,33). The van der Waals surface area contributed by atoms with Crippen LogP contribution in [0.2, 0.25) is 9.36 Å². The number of nitrogens with one attached hydrogen (secondary N) is 1. The number of carbonyl (C=O) groups excluding carboxylic acids is 2. The van der Waals surface area contributed by atoms with Crippen molar-refractivity contribution >= 4 is 46.5 Å². The Hall–Kier alpha value is -2.68. The van der Waals surface area contributed by atoms with E-state index in [4.69, 9.17) is 23.2 Å². The molecule has 1 heterocycles. The number of hydrogen-bond donors (Lipinski definition) is 2. The van der Waals surface area contributed by atoms with E-state index in [2.05, 4.69) is 9.69 Å². The maximum Gasteiger partial charge on any atom is 0.276 e. The Labute approximate surface area is 216 Å². The lowest BCUT2D eigenvalue weighted by Crippen LogP contribution is -2.47. The monoisotopic (exact) mass is 535 g/mol. The van der Waals surface area contributed by atoms with Crippen LogP contribution in [0.4, 0.5) is 4.39 Å². The van der Waals surface area contributed by atoms with E-state index in [-0.39, 0.29) is 39.3 Å². The van der Waals surface area contributed by atoms with Crippen molar-refractivity contribution in [3.8, 4) is 5.75 Å². The van der Waals surface area contributed by atoms with Gasteiger partial charge in [0.15, 0.2) is 5.69 Å². The van der Waals surface area contributed by atoms with Crippen LogP contribution in [0.5, 0.6) is 5.75 Å². The van der Waals surface area contributed by atoms with Crippen molar-refractivity contribution in [1.82, 2.24) is 14.6 Å². The minimum absolute atomic E-state index is 0.00574. The Morgan fingerprint density at radius 1 is 1.09 bits per heavy atom. The van der Waals surface area contributed by atoms with E-state index < -0.39 is 17.8 Å². The second-order valence-corrected chi connectivity index (χ2v) is 10.3. The molecule has 1 saturated carbocycles. The van der Waals surface area contributed by atoms with Crippen molar-refractivity contribution in [3.05, 3.63) is 80.5 Å². The Kier molecular flexibility index (Phi) is 8.26. The van der Waals surface area contributed by atoms with Crippen LogP contribution in [0.3, 0.4) is 0 Å². The number of nitrogens with zero attached hydrogens (tertiary/aromatic N) is 2. The molecule has 1 aromatic heterocycles. The number of aromatic hydroxyl groups is 1. The van der Waals surface area contributed by atoms with Crippen LogP contribution in [-0.4, -0.2) is 32.2 Å². The van der Waals surface area contributed by atoms with E-state index in [1.165, 1.54) is 29.2 Å². The van der Waals surface area contributed by atoms with Gasteiger partial charge in [0.2, 0.25) is 5.91 Å². The number of hydrogen-bond acceptors (Lipinski definition) is 5. The van der Waals surface area contributed by atoms with Crippen molar-refractivity contribution in [2.24, 2.45) is 0 Å². The lowest BCUT2D eigenvalue weighted by atomic mass is 9.94. The van der Waals surface area contributed by atoms with E-state index in [1.807, 2.05) is 0 Å². The van der Waals surface area contributed by atoms with Gasteiger partial charge in [0, 0.05) is 12.6 Å². The average molecular weight is 536 g/mol. The summed E-state index contributed by atoms with van der Waals surface area (Å²) >= 11 is 13.2. The largest absolute Gasteiger partial charge is 0.508 e. The molecule has 0 radical (unpaired) electrons. The van der Waals surface area contributed by atoms with Crippen molar-refractivity contribution in [2.75, 3.05) is 0 Å². The molecule has 1 fully saturated rings. The molecule has 1 aliphatic rings. The fraction of sp³-hybridized carbons (Fsp3) is 0.320. The molecule has 2 aromatic carbocycles. The summed E-state index contributed by atoms with van der Waals surface area (Å²) in [6.45, 7) is -0.00574. The third-order valence-electron chi connectivity index (χ3n) is 6.05. The predicted octanol–water partition coefficient (Wildman–Crippen LogP) is 6.13. The molecule has 3 aromatic rings. The quantitative estimate of drug-likeness (QED) is 0.381. The molecule has 1 aliphatic carbocycles. The number of phenolic OH excluding ortho intramolecular Hbond substituents is 1. The van der Waals surface area contributed by atoms with Crippen LogP contribution < -0.4 is 5.32 Å². The number of rotatable bonds is 7. The van der Waals surface area contributed by atoms with E-state index in [9.17, 15) is 19.1 Å². The van der Waals surface area contributed by atoms with Crippen LogP contribution in [0.1, 0.15) is 59.8 Å². The molecule has 10 heteroatoms. The first-order valence-electron chi connectivity index (χ1n) is 11.3. The molecule has 6 nitrogen and oxygen atoms in total. The van der Waals surface area contributed by atoms with Gasteiger partial charge >= 0.3 is 0 Å². The van der Waals surface area contributed by atoms with Gasteiger partial charge in [-0.2, -0.15) is 4.37 Å². The number of carbonyl (C=O) groups is 2. The van der Waals surface area contributed by atoms with Gasteiger partial charge in [-0.15, -0.1) is 0 Å². The normalized spacial score (nSPS) is 14.9. The molecule has 0 bridgehead atoms. The number of halogens is 3. The first-order chi connectivity index (χ1) is 16.8. The van der Waals surface area contributed by atoms with Crippen LogP contribution >= 0.6 is 34.7 Å². The molecule has 2 N–H and O–H groups in total. The van der Waals surface area contributed by atoms with E-state index in [0.717, 1.165) is 43.6 Å². The second-order valence-electron chi connectivity index (χ2n) is 8.52. The molecule has 0 aliphatic heterocycles. The summed E-state index contributed by atoms with van der Waals surface area (Å²) < 4.78 is 17.8. The highest BCUT2D eigenvalue weighted by Gasteiger charge is 2.35. The topological polar surface area (TPSA) is 82.5 Å². The van der Waals surface area contributed by atoms with Crippen LogP contribution in [0, 0.1) is 5.82 Å². The molecule has 35 heavy (non-hydrogen) atoms. The number of amides is 2. The summed E-state index contributed by atoms with van der Waals surface area (Å²) in [6.07, 6.45) is 4.92.